The molecule has 10 heteroatoms. The van der Waals surface area contributed by atoms with Crippen LogP contribution in [0.4, 0.5) is 5.13 Å². The minimum Gasteiger partial charge on any atom is -0.508 e. The lowest BCUT2D eigenvalue weighted by molar-refractivity contribution is 0.475. The molecular weight excluding hydrogens is 398 g/mol. The van der Waals surface area contributed by atoms with Crippen LogP contribution >= 0.6 is 11.3 Å². The molecule has 0 bridgehead atoms. The monoisotopic (exact) mass is 415 g/mol. The van der Waals surface area contributed by atoms with Crippen LogP contribution < -0.4 is 10.5 Å². The van der Waals surface area contributed by atoms with Gasteiger partial charge in [0.15, 0.2) is 0 Å². The summed E-state index contributed by atoms with van der Waals surface area (Å²) in [5.41, 5.74) is 2.70. The molecule has 144 valence electrons. The van der Waals surface area contributed by atoms with Crippen molar-refractivity contribution in [3.63, 3.8) is 0 Å². The molecule has 0 amide bonds. The summed E-state index contributed by atoms with van der Waals surface area (Å²) in [5, 5.41) is 22.9. The molecule has 4 rings (SSSR count). The highest BCUT2D eigenvalue weighted by Gasteiger charge is 2.10. The maximum absolute atomic E-state index is 11.3. The third-order valence-electron chi connectivity index (χ3n) is 4.15. The van der Waals surface area contributed by atoms with Gasteiger partial charge in [-0.05, 0) is 48.4 Å². The van der Waals surface area contributed by atoms with E-state index < -0.39 is 10.0 Å². The SMILES string of the molecule is NS(=O)(=O)c1ccc(CCNc2nn3cc(-c4ccc(O)cc4)nc3s2)cc1. The molecule has 2 heterocycles. The van der Waals surface area contributed by atoms with Gasteiger partial charge in [-0.25, -0.2) is 23.1 Å². The number of fused-ring (bicyclic) bond motifs is 1. The molecule has 8 nitrogen and oxygen atoms in total. The highest BCUT2D eigenvalue weighted by molar-refractivity contribution is 7.89. The normalized spacial score (nSPS) is 11.8. The van der Waals surface area contributed by atoms with Crippen LogP contribution in [0.5, 0.6) is 5.75 Å². The first-order chi connectivity index (χ1) is 13.4. The Hall–Kier alpha value is -2.95. The number of phenols is 1. The van der Waals surface area contributed by atoms with Gasteiger partial charge in [0.25, 0.3) is 0 Å². The summed E-state index contributed by atoms with van der Waals surface area (Å²) < 4.78 is 24.3. The first-order valence-electron chi connectivity index (χ1n) is 8.40. The number of primary sulfonamides is 1. The van der Waals surface area contributed by atoms with Crippen LogP contribution in [0.15, 0.2) is 59.6 Å². The van der Waals surface area contributed by atoms with Crippen LogP contribution in [-0.4, -0.2) is 34.7 Å². The van der Waals surface area contributed by atoms with E-state index in [2.05, 4.69) is 15.4 Å². The topological polar surface area (TPSA) is 123 Å². The van der Waals surface area contributed by atoms with Crippen molar-refractivity contribution in [3.05, 3.63) is 60.3 Å². The standard InChI is InChI=1S/C18H17N5O3S2/c19-28(25,26)15-7-1-12(2-8-15)9-10-20-17-22-23-11-16(21-18(23)27-17)13-3-5-14(24)6-4-13/h1-8,11,24H,9-10H2,(H,20,22)(H2,19,25,26). The molecule has 0 atom stereocenters. The first-order valence-corrected chi connectivity index (χ1v) is 10.8. The molecular formula is C18H17N5O3S2. The number of nitrogens with two attached hydrogens (primary N) is 1. The van der Waals surface area contributed by atoms with Crippen LogP contribution in [0.2, 0.25) is 0 Å². The summed E-state index contributed by atoms with van der Waals surface area (Å²) in [5.74, 6) is 0.216. The second-order valence-electron chi connectivity index (χ2n) is 6.17. The summed E-state index contributed by atoms with van der Waals surface area (Å²) in [7, 11) is -3.66. The number of hydrogen-bond donors (Lipinski definition) is 3. The number of anilines is 1. The summed E-state index contributed by atoms with van der Waals surface area (Å²) >= 11 is 1.44. The van der Waals surface area contributed by atoms with Gasteiger partial charge in [-0.2, -0.15) is 0 Å². The van der Waals surface area contributed by atoms with E-state index in [1.54, 1.807) is 28.8 Å². The number of nitrogens with zero attached hydrogens (tertiary/aromatic N) is 3. The van der Waals surface area contributed by atoms with Crippen molar-refractivity contribution in [2.24, 2.45) is 5.14 Å². The van der Waals surface area contributed by atoms with Gasteiger partial charge >= 0.3 is 0 Å². The average molecular weight is 416 g/mol. The Morgan fingerprint density at radius 2 is 1.82 bits per heavy atom. The number of imidazole rings is 1. The maximum atomic E-state index is 11.3. The zero-order valence-corrected chi connectivity index (χ0v) is 16.2. The van der Waals surface area contributed by atoms with Gasteiger partial charge in [-0.3, -0.25) is 0 Å². The second-order valence-corrected chi connectivity index (χ2v) is 8.69. The van der Waals surface area contributed by atoms with Gasteiger partial charge in [0, 0.05) is 12.1 Å². The van der Waals surface area contributed by atoms with Gasteiger partial charge in [0.05, 0.1) is 16.8 Å². The zero-order valence-electron chi connectivity index (χ0n) is 14.6. The Labute approximate surface area is 165 Å². The van der Waals surface area contributed by atoms with Gasteiger partial charge < -0.3 is 10.4 Å². The van der Waals surface area contributed by atoms with E-state index in [0.717, 1.165) is 26.9 Å². The maximum Gasteiger partial charge on any atom is 0.238 e. The van der Waals surface area contributed by atoms with Crippen molar-refractivity contribution in [1.29, 1.82) is 0 Å². The van der Waals surface area contributed by atoms with E-state index in [1.165, 1.54) is 23.5 Å². The largest absolute Gasteiger partial charge is 0.508 e. The fraction of sp³-hybridized carbons (Fsp3) is 0.111. The van der Waals surface area contributed by atoms with Gasteiger partial charge in [-0.1, -0.05) is 23.5 Å². The molecule has 0 unspecified atom stereocenters. The number of aromatic nitrogens is 3. The van der Waals surface area contributed by atoms with Crippen LogP contribution in [0.3, 0.4) is 0 Å². The van der Waals surface area contributed by atoms with Crippen molar-refractivity contribution >= 4 is 31.5 Å². The summed E-state index contributed by atoms with van der Waals surface area (Å²) in [4.78, 5) is 5.43. The lowest BCUT2D eigenvalue weighted by atomic mass is 10.1. The molecule has 0 saturated heterocycles. The minimum atomic E-state index is -3.66. The fourth-order valence-corrected chi connectivity index (χ4v) is 4.02. The zero-order chi connectivity index (χ0) is 19.7. The number of aromatic hydroxyl groups is 1. The molecule has 0 aliphatic rings. The van der Waals surface area contributed by atoms with Crippen LogP contribution in [-0.2, 0) is 16.4 Å². The van der Waals surface area contributed by atoms with E-state index in [4.69, 9.17) is 5.14 Å². The summed E-state index contributed by atoms with van der Waals surface area (Å²) in [6.45, 7) is 0.649. The van der Waals surface area contributed by atoms with Crippen molar-refractivity contribution in [2.75, 3.05) is 11.9 Å². The predicted molar refractivity (Wildman–Crippen MR) is 108 cm³/mol. The summed E-state index contributed by atoms with van der Waals surface area (Å²) in [6, 6.07) is 13.4. The Kier molecular flexibility index (Phi) is 4.75. The predicted octanol–water partition coefficient (Wildman–Crippen LogP) is 2.47. The molecule has 2 aromatic carbocycles. The van der Waals surface area contributed by atoms with E-state index in [1.807, 2.05) is 18.3 Å². The van der Waals surface area contributed by atoms with Crippen molar-refractivity contribution in [3.8, 4) is 17.0 Å². The van der Waals surface area contributed by atoms with Gasteiger partial charge in [0.1, 0.15) is 5.75 Å². The minimum absolute atomic E-state index is 0.106. The Morgan fingerprint density at radius 1 is 1.11 bits per heavy atom. The third-order valence-corrected chi connectivity index (χ3v) is 5.96. The number of phenolic OH excluding ortho intramolecular Hbond substituents is 1. The molecule has 4 N–H and O–H groups in total. The lowest BCUT2D eigenvalue weighted by Gasteiger charge is -2.04. The molecule has 0 aliphatic heterocycles. The lowest BCUT2D eigenvalue weighted by Crippen LogP contribution is -2.12. The quantitative estimate of drug-likeness (QED) is 0.445. The molecule has 4 aromatic rings. The number of sulfonamides is 1. The molecule has 0 aliphatic carbocycles. The van der Waals surface area contributed by atoms with Crippen LogP contribution in [0.1, 0.15) is 5.56 Å². The van der Waals surface area contributed by atoms with E-state index in [9.17, 15) is 13.5 Å². The average Bonchev–Trinajstić information content (AvgIpc) is 3.21. The molecule has 28 heavy (non-hydrogen) atoms. The van der Waals surface area contributed by atoms with Crippen molar-refractivity contribution < 1.29 is 13.5 Å². The van der Waals surface area contributed by atoms with E-state index >= 15 is 0 Å². The fourth-order valence-electron chi connectivity index (χ4n) is 2.70. The summed E-state index contributed by atoms with van der Waals surface area (Å²) in [6.07, 6.45) is 2.56. The number of nitrogens with one attached hydrogen (secondary N) is 1. The molecule has 0 spiro atoms. The molecule has 2 aromatic heterocycles. The molecule has 0 radical (unpaired) electrons. The van der Waals surface area contributed by atoms with Gasteiger partial charge in [0.2, 0.25) is 20.1 Å². The molecule has 0 fully saturated rings. The third kappa shape index (κ3) is 3.98. The number of hydrogen-bond acceptors (Lipinski definition) is 7. The Balaban J connectivity index is 1.39. The second kappa shape index (κ2) is 7.23. The first kappa shape index (κ1) is 18.4. The van der Waals surface area contributed by atoms with Crippen molar-refractivity contribution in [1.82, 2.24) is 14.6 Å². The van der Waals surface area contributed by atoms with E-state index in [0.29, 0.717) is 13.0 Å². The highest BCUT2D eigenvalue weighted by Crippen LogP contribution is 2.25. The Morgan fingerprint density at radius 3 is 2.46 bits per heavy atom. The smallest absolute Gasteiger partial charge is 0.238 e. The number of benzene rings is 2. The van der Waals surface area contributed by atoms with Gasteiger partial charge in [-0.15, -0.1) is 5.10 Å². The molecule has 0 saturated carbocycles. The van der Waals surface area contributed by atoms with Crippen LogP contribution in [0.25, 0.3) is 16.2 Å². The number of rotatable bonds is 6. The highest BCUT2D eigenvalue weighted by atomic mass is 32.2. The van der Waals surface area contributed by atoms with Crippen LogP contribution in [0, 0.1) is 0 Å². The van der Waals surface area contributed by atoms with Crippen molar-refractivity contribution in [2.45, 2.75) is 11.3 Å². The van der Waals surface area contributed by atoms with E-state index in [-0.39, 0.29) is 10.6 Å². The Bertz CT molecular complexity index is 1180.